The fourth-order valence-electron chi connectivity index (χ4n) is 5.20. The maximum atomic E-state index is 12.5. The number of carbonyl (C=O) groups excluding carboxylic acids is 2. The fourth-order valence-corrected chi connectivity index (χ4v) is 5.20. The summed E-state index contributed by atoms with van der Waals surface area (Å²) in [5, 5.41) is 8.27. The third-order valence-electron chi connectivity index (χ3n) is 6.94. The van der Waals surface area contributed by atoms with Gasteiger partial charge in [-0.05, 0) is 74.4 Å². The summed E-state index contributed by atoms with van der Waals surface area (Å²) >= 11 is 0. The lowest BCUT2D eigenvalue weighted by Crippen LogP contribution is -2.40. The summed E-state index contributed by atoms with van der Waals surface area (Å²) in [4.78, 5) is 26.5. The lowest BCUT2D eigenvalue weighted by atomic mass is 9.78. The summed E-state index contributed by atoms with van der Waals surface area (Å²) in [6.07, 6.45) is 2.68. The molecule has 2 aliphatic rings. The first-order valence-electron chi connectivity index (χ1n) is 12.3. The van der Waals surface area contributed by atoms with Crippen molar-refractivity contribution in [2.75, 3.05) is 25.0 Å². The normalized spacial score (nSPS) is 17.4. The van der Waals surface area contributed by atoms with Gasteiger partial charge in [0.15, 0.2) is 5.69 Å². The molecule has 1 saturated heterocycles. The zero-order valence-electron chi connectivity index (χ0n) is 20.2. The van der Waals surface area contributed by atoms with Crippen LogP contribution in [0.3, 0.4) is 0 Å². The third-order valence-corrected chi connectivity index (χ3v) is 6.94. The van der Waals surface area contributed by atoms with Crippen LogP contribution in [0, 0.1) is 17.8 Å². The molecular weight excluding hydrogens is 454 g/mol. The van der Waals surface area contributed by atoms with Gasteiger partial charge in [0, 0.05) is 25.6 Å². The first kappa shape index (κ1) is 23.5. The number of anilines is 1. The summed E-state index contributed by atoms with van der Waals surface area (Å²) in [6.45, 7) is 3.79. The van der Waals surface area contributed by atoms with Crippen molar-refractivity contribution in [3.63, 3.8) is 0 Å². The van der Waals surface area contributed by atoms with E-state index in [4.69, 9.17) is 15.6 Å². The van der Waals surface area contributed by atoms with Gasteiger partial charge in [-0.3, -0.25) is 9.59 Å². The standard InChI is InChI=1S/C28H29N5O3/c1-2-6-24(34)32-17-14-19(15-18-32)23-13-16-30-26-25(23)31-33(27(26)28(29)35)20-9-11-22(12-10-20)36-21-7-4-3-5-8-21/h3-5,7-12,19,23,30H,13-18H2,1H3,(H2,29,35). The average molecular weight is 484 g/mol. The molecular formula is C28H29N5O3. The van der Waals surface area contributed by atoms with Gasteiger partial charge in [-0.2, -0.15) is 5.10 Å². The van der Waals surface area contributed by atoms with Crippen molar-refractivity contribution in [2.45, 2.75) is 32.1 Å². The van der Waals surface area contributed by atoms with Crippen LogP contribution in [0.1, 0.15) is 48.3 Å². The summed E-state index contributed by atoms with van der Waals surface area (Å²) in [7, 11) is 0. The Hall–Kier alpha value is -4.25. The van der Waals surface area contributed by atoms with E-state index in [1.807, 2.05) is 59.5 Å². The Balaban J connectivity index is 1.40. The number of fused-ring (bicyclic) bond motifs is 1. The minimum absolute atomic E-state index is 0.109. The number of para-hydroxylation sites is 1. The van der Waals surface area contributed by atoms with E-state index < -0.39 is 5.91 Å². The van der Waals surface area contributed by atoms with E-state index in [2.05, 4.69) is 17.2 Å². The summed E-state index contributed by atoms with van der Waals surface area (Å²) < 4.78 is 7.53. The molecule has 184 valence electrons. The van der Waals surface area contributed by atoms with Gasteiger partial charge in [0.2, 0.25) is 0 Å². The molecule has 1 aromatic heterocycles. The number of aromatic nitrogens is 2. The number of hydrogen-bond acceptors (Lipinski definition) is 5. The molecule has 8 heteroatoms. The van der Waals surface area contributed by atoms with Crippen molar-refractivity contribution in [1.82, 2.24) is 14.7 Å². The molecule has 2 aliphatic heterocycles. The summed E-state index contributed by atoms with van der Waals surface area (Å²) in [5.41, 5.74) is 8.52. The van der Waals surface area contributed by atoms with Crippen molar-refractivity contribution in [3.8, 4) is 29.0 Å². The largest absolute Gasteiger partial charge is 0.457 e. The highest BCUT2D eigenvalue weighted by atomic mass is 16.5. The summed E-state index contributed by atoms with van der Waals surface area (Å²) in [5.74, 6) is 6.68. The second kappa shape index (κ2) is 10.2. The van der Waals surface area contributed by atoms with Crippen LogP contribution in [0.2, 0.25) is 0 Å². The number of nitrogens with two attached hydrogens (primary N) is 1. The number of piperidine rings is 1. The summed E-state index contributed by atoms with van der Waals surface area (Å²) in [6, 6.07) is 17.0. The number of benzene rings is 2. The van der Waals surface area contributed by atoms with Gasteiger partial charge in [0.1, 0.15) is 11.5 Å². The van der Waals surface area contributed by atoms with Gasteiger partial charge >= 0.3 is 0 Å². The Morgan fingerprint density at radius 2 is 1.72 bits per heavy atom. The van der Waals surface area contributed by atoms with Gasteiger partial charge in [0.05, 0.1) is 17.1 Å². The van der Waals surface area contributed by atoms with E-state index in [0.717, 1.165) is 48.6 Å². The molecule has 2 amide bonds. The molecule has 3 N–H and O–H groups in total. The van der Waals surface area contributed by atoms with Crippen LogP contribution in [0.4, 0.5) is 5.69 Å². The van der Waals surface area contributed by atoms with Crippen LogP contribution in [0.15, 0.2) is 54.6 Å². The number of nitrogens with zero attached hydrogens (tertiary/aromatic N) is 3. The van der Waals surface area contributed by atoms with Gasteiger partial charge in [-0.1, -0.05) is 24.1 Å². The van der Waals surface area contributed by atoms with E-state index >= 15 is 0 Å². The molecule has 0 bridgehead atoms. The molecule has 2 aromatic carbocycles. The number of rotatable bonds is 5. The SMILES string of the molecule is CC#CC(=O)N1CCC(C2CCNc3c2nn(-c2ccc(Oc4ccccc4)cc2)c3C(N)=O)CC1. The Morgan fingerprint density at radius 3 is 2.39 bits per heavy atom. The van der Waals surface area contributed by atoms with Gasteiger partial charge in [0.25, 0.3) is 11.8 Å². The molecule has 1 unspecified atom stereocenters. The Kier molecular flexibility index (Phi) is 6.63. The van der Waals surface area contributed by atoms with Crippen molar-refractivity contribution >= 4 is 17.5 Å². The van der Waals surface area contributed by atoms with E-state index in [-0.39, 0.29) is 11.8 Å². The Morgan fingerprint density at radius 1 is 1.03 bits per heavy atom. The monoisotopic (exact) mass is 483 g/mol. The molecule has 1 atom stereocenters. The number of likely N-dealkylation sites (tertiary alicyclic amines) is 1. The van der Waals surface area contributed by atoms with Crippen molar-refractivity contribution in [1.29, 1.82) is 0 Å². The van der Waals surface area contributed by atoms with Crippen molar-refractivity contribution in [3.05, 3.63) is 66.0 Å². The highest BCUT2D eigenvalue weighted by molar-refractivity contribution is 5.98. The number of hydrogen-bond donors (Lipinski definition) is 2. The van der Waals surface area contributed by atoms with Gasteiger partial charge in [-0.15, -0.1) is 0 Å². The third kappa shape index (κ3) is 4.65. The lowest BCUT2D eigenvalue weighted by molar-refractivity contribution is -0.126. The number of ether oxygens (including phenoxy) is 1. The van der Waals surface area contributed by atoms with Crippen LogP contribution < -0.4 is 15.8 Å². The van der Waals surface area contributed by atoms with Crippen LogP contribution >= 0.6 is 0 Å². The number of primary amides is 1. The highest BCUT2D eigenvalue weighted by Crippen LogP contribution is 2.42. The molecule has 5 rings (SSSR count). The van der Waals surface area contributed by atoms with Crippen LogP contribution in [-0.4, -0.2) is 46.1 Å². The van der Waals surface area contributed by atoms with Crippen molar-refractivity contribution < 1.29 is 14.3 Å². The van der Waals surface area contributed by atoms with E-state index in [1.165, 1.54) is 0 Å². The van der Waals surface area contributed by atoms with Crippen LogP contribution in [-0.2, 0) is 4.79 Å². The van der Waals surface area contributed by atoms with E-state index in [9.17, 15) is 9.59 Å². The second-order valence-electron chi connectivity index (χ2n) is 9.12. The minimum atomic E-state index is -0.528. The molecule has 3 heterocycles. The quantitative estimate of drug-likeness (QED) is 0.536. The number of amides is 2. The molecule has 8 nitrogen and oxygen atoms in total. The molecule has 36 heavy (non-hydrogen) atoms. The van der Waals surface area contributed by atoms with Crippen LogP contribution in [0.25, 0.3) is 5.69 Å². The zero-order chi connectivity index (χ0) is 25.1. The first-order chi connectivity index (χ1) is 17.5. The Bertz CT molecular complexity index is 1310. The predicted molar refractivity (Wildman–Crippen MR) is 137 cm³/mol. The lowest BCUT2D eigenvalue weighted by Gasteiger charge is -2.36. The van der Waals surface area contributed by atoms with E-state index in [0.29, 0.717) is 30.5 Å². The molecule has 0 aliphatic carbocycles. The maximum Gasteiger partial charge on any atom is 0.298 e. The topological polar surface area (TPSA) is 102 Å². The predicted octanol–water partition coefficient (Wildman–Crippen LogP) is 3.92. The maximum absolute atomic E-state index is 12.5. The smallest absolute Gasteiger partial charge is 0.298 e. The highest BCUT2D eigenvalue weighted by Gasteiger charge is 2.36. The van der Waals surface area contributed by atoms with Gasteiger partial charge < -0.3 is 20.7 Å². The number of carbonyl (C=O) groups is 2. The second-order valence-corrected chi connectivity index (χ2v) is 9.12. The van der Waals surface area contributed by atoms with E-state index in [1.54, 1.807) is 11.6 Å². The fraction of sp³-hybridized carbons (Fsp3) is 0.321. The minimum Gasteiger partial charge on any atom is -0.457 e. The first-order valence-corrected chi connectivity index (χ1v) is 12.3. The molecule has 1 fully saturated rings. The van der Waals surface area contributed by atoms with Crippen LogP contribution in [0.5, 0.6) is 11.5 Å². The Labute approximate surface area is 210 Å². The van der Waals surface area contributed by atoms with Gasteiger partial charge in [-0.25, -0.2) is 4.68 Å². The van der Waals surface area contributed by atoms with Crippen molar-refractivity contribution in [2.24, 2.45) is 11.7 Å². The molecule has 0 saturated carbocycles. The molecule has 0 radical (unpaired) electrons. The number of nitrogens with one attached hydrogen (secondary N) is 1. The molecule has 0 spiro atoms. The molecule has 3 aromatic rings. The average Bonchev–Trinajstić information content (AvgIpc) is 3.30. The zero-order valence-corrected chi connectivity index (χ0v) is 20.2.